The van der Waals surface area contributed by atoms with Gasteiger partial charge in [-0.05, 0) is 295 Å². The van der Waals surface area contributed by atoms with Gasteiger partial charge in [0, 0.05) is 82.4 Å². The maximum atomic E-state index is 15.4. The van der Waals surface area contributed by atoms with E-state index in [1.807, 2.05) is 147 Å². The van der Waals surface area contributed by atoms with Crippen molar-refractivity contribution in [3.63, 3.8) is 0 Å². The van der Waals surface area contributed by atoms with E-state index in [1.54, 1.807) is 102 Å². The van der Waals surface area contributed by atoms with E-state index < -0.39 is 104 Å². The first-order valence-electron chi connectivity index (χ1n) is 46.4. The largest absolute Gasteiger partial charge is 2.00 e. The fourth-order valence-electron chi connectivity index (χ4n) is 15.3. The van der Waals surface area contributed by atoms with Crippen LogP contribution in [-0.4, -0.2) is 177 Å². The smallest absolute Gasteiger partial charge is 1.00 e. The Morgan fingerprint density at radius 1 is 0.612 bits per heavy atom. The van der Waals surface area contributed by atoms with Crippen LogP contribution in [0.5, 0.6) is 0 Å². The van der Waals surface area contributed by atoms with E-state index in [0.717, 1.165) is 120 Å². The predicted molar refractivity (Wildman–Crippen MR) is 563 cm³/mol. The second-order valence-corrected chi connectivity index (χ2v) is 51.3. The normalized spacial score (nSPS) is 18.6. The number of nitrogen functional groups attached to an aromatic ring is 1. The Bertz CT molecular complexity index is 5220. The van der Waals surface area contributed by atoms with Crippen LogP contribution in [-0.2, 0) is 83.1 Å². The van der Waals surface area contributed by atoms with Crippen molar-refractivity contribution in [1.29, 1.82) is 0 Å². The minimum absolute atomic E-state index is 0. The van der Waals surface area contributed by atoms with Crippen LogP contribution in [0.4, 0.5) is 36.3 Å². The molecule has 14 rings (SSSR count). The van der Waals surface area contributed by atoms with Gasteiger partial charge in [0.05, 0.1) is 94.7 Å². The molecule has 2 saturated heterocycles. The summed E-state index contributed by atoms with van der Waals surface area (Å²) in [5, 5.41) is 17.0. The molecule has 26 nitrogen and oxygen atoms in total. The summed E-state index contributed by atoms with van der Waals surface area (Å²) in [7, 11) is 0.232. The van der Waals surface area contributed by atoms with E-state index in [-0.39, 0.29) is 149 Å². The number of pyridine rings is 4. The van der Waals surface area contributed by atoms with Gasteiger partial charge in [-0.15, -0.1) is 29.4 Å². The van der Waals surface area contributed by atoms with Gasteiger partial charge in [0.2, 0.25) is 11.8 Å². The van der Waals surface area contributed by atoms with Gasteiger partial charge in [-0.1, -0.05) is 108 Å². The van der Waals surface area contributed by atoms with Crippen molar-refractivity contribution >= 4 is 146 Å². The summed E-state index contributed by atoms with van der Waals surface area (Å²) in [6, 6.07) is 42.7. The Morgan fingerprint density at radius 3 is 1.47 bits per heavy atom. The first kappa shape index (κ1) is 125. The number of benzene rings is 4. The molecule has 0 spiro atoms. The fraction of sp³-hybridized carbons (Fsp3) is 0.524. The summed E-state index contributed by atoms with van der Waals surface area (Å²) in [4.78, 5) is 68.3. The minimum Gasteiger partial charge on any atom is -1.00 e. The Hall–Kier alpha value is -6.79. The van der Waals surface area contributed by atoms with Crippen LogP contribution in [0, 0.1) is 41.4 Å². The molecule has 9 N–H and O–H groups in total. The number of aromatic nitrogens is 4. The number of nitrogens with one attached hydrogen (secondary N) is 5. The van der Waals surface area contributed by atoms with Crippen molar-refractivity contribution in [2.24, 2.45) is 33.8 Å². The number of hydrogen-bond donors (Lipinski definition) is 7. The van der Waals surface area contributed by atoms with Gasteiger partial charge >= 0.3 is 58.7 Å². The van der Waals surface area contributed by atoms with Crippen LogP contribution in [0.25, 0.3) is 0 Å². The van der Waals surface area contributed by atoms with E-state index >= 15 is 4.39 Å². The summed E-state index contributed by atoms with van der Waals surface area (Å²) >= 11 is 0. The fourth-order valence-corrected chi connectivity index (χ4v) is 18.8. The standard InChI is InChI=1S/C32H45FN4O5S.C23H29FN4O2.C21H29N3OS.C15H22N2OS.C10H16NSi.CH2O3.CH4.BrH.ClH.Mg.Na.H/c1-30(2,3)42-29(39)37-20-24(41-7)19-27(37)28(38)35-26-18-23(10-11-25(26)33)32(15-12-21-8-9-21,22-13-16-34-17-14-22)36-43(40)31(4,5)6;1-30-18-13-21(27-14-18)22(29)28-20-12-17(4-5-19(20)24)23(25,9-6-15-2-3-15)16-7-10-26-11-8-16;1-20(2,3)26(25)24-21(12-9-16-7-8-16,17-10-13-23-14-11-17)18-5-4-6-19(22)15-18;1-15(2,3)19(18)17-14(7-6-12-4-5-12)13-8-10-16-11-9-13;1-11(12(2,3)4)10-8-6-5-7-9-10;2-1-4-3;;;;;;/h10-11,13-14,16-18,21,24,27,36H,8-9,12,15,19-20H2,1-7H3,(H,35,38);4-5,7-8,10-12,15,18,21,27H,2-3,6,9,13-14,25H2,1H3,(H,28,29);4-6,10-11,13-16,24H,7-9,12,22H2,1-3H3;8-12H,4-7H2,1-3H3;5-6,8-9H,1-4H3;1,3H;1H4;2*1H;;;/q;;;;-1;;;;;+2;+1;-1/p-1/t24-,27-,32?,43-;18-,21-,23?;;;;;;;;;;/m11........../s1. The van der Waals surface area contributed by atoms with Crippen molar-refractivity contribution in [3.8, 4) is 0 Å². The summed E-state index contributed by atoms with van der Waals surface area (Å²) in [6.07, 6.45) is 31.1. The van der Waals surface area contributed by atoms with E-state index in [4.69, 9.17) is 35.7 Å². The molecule has 6 fully saturated rings. The van der Waals surface area contributed by atoms with Gasteiger partial charge in [0.15, 0.2) is 0 Å². The van der Waals surface area contributed by atoms with Gasteiger partial charge in [0.25, 0.3) is 6.47 Å². The maximum Gasteiger partial charge on any atom is 2.00 e. The first-order chi connectivity index (χ1) is 63.3. The van der Waals surface area contributed by atoms with E-state index in [0.29, 0.717) is 30.9 Å². The zero-order valence-electron chi connectivity index (χ0n) is 84.8. The molecular formula is C103H149BrClF2MgN14NaO12S3Si. The molecule has 4 aromatic heterocycles. The average Bonchev–Trinajstić information content (AvgIpc) is 0.813. The van der Waals surface area contributed by atoms with Gasteiger partial charge < -0.3 is 57.8 Å². The van der Waals surface area contributed by atoms with Gasteiger partial charge in [-0.2, -0.15) is 34.7 Å². The van der Waals surface area contributed by atoms with E-state index in [1.165, 1.54) is 68.4 Å². The van der Waals surface area contributed by atoms with Gasteiger partial charge in [0.1, 0.15) is 42.5 Å². The molecule has 4 aliphatic carbocycles. The number of rotatable bonds is 33. The predicted octanol–water partition coefficient (Wildman–Crippen LogP) is 15.8. The maximum absolute atomic E-state index is 15.4. The number of likely N-dealkylation sites (tertiary alicyclic amines) is 1. The summed E-state index contributed by atoms with van der Waals surface area (Å²) in [6.45, 7) is 30.4. The molecule has 6 aliphatic rings. The molecule has 3 amide bonds. The van der Waals surface area contributed by atoms with Crippen molar-refractivity contribution in [2.45, 2.75) is 286 Å². The van der Waals surface area contributed by atoms with Crippen LogP contribution in [0.2, 0.25) is 19.6 Å². The van der Waals surface area contributed by atoms with Crippen LogP contribution in [0.3, 0.4) is 0 Å². The molecule has 5 unspecified atom stereocenters. The summed E-state index contributed by atoms with van der Waals surface area (Å²) in [5.74, 6) is 1.03. The molecule has 4 saturated carbocycles. The Morgan fingerprint density at radius 2 is 1.05 bits per heavy atom. The van der Waals surface area contributed by atoms with Crippen LogP contribution >= 0.6 is 29.4 Å². The second kappa shape index (κ2) is 57.2. The van der Waals surface area contributed by atoms with Crippen molar-refractivity contribution in [2.75, 3.05) is 55.3 Å². The Kier molecular flexibility index (Phi) is 51.2. The molecule has 0 bridgehead atoms. The number of anilines is 4. The first-order valence-corrected chi connectivity index (χ1v) is 53.3. The minimum atomic E-state index is -1.47. The van der Waals surface area contributed by atoms with Crippen molar-refractivity contribution < 1.29 is 95.9 Å². The second-order valence-electron chi connectivity index (χ2n) is 40.5. The van der Waals surface area contributed by atoms with Gasteiger partial charge in [-0.3, -0.25) is 39.2 Å². The van der Waals surface area contributed by atoms with Crippen LogP contribution in [0.1, 0.15) is 246 Å². The molecule has 2 aliphatic heterocycles. The summed E-state index contributed by atoms with van der Waals surface area (Å²) in [5.41, 5.74) is 19.5. The zero-order chi connectivity index (χ0) is 98.0. The summed E-state index contributed by atoms with van der Waals surface area (Å²) < 4.78 is 97.7. The zero-order valence-corrected chi connectivity index (χ0v) is 93.2. The third kappa shape index (κ3) is 38.9. The topological polar surface area (TPSA) is 362 Å². The van der Waals surface area contributed by atoms with E-state index in [2.05, 4.69) is 104 Å². The molecule has 8 aromatic rings. The van der Waals surface area contributed by atoms with Crippen molar-refractivity contribution in [3.05, 3.63) is 240 Å². The molecular weight excluding hydrogens is 1950 g/mol. The number of amides is 3. The number of ether oxygens (including phenoxy) is 3. The molecule has 139 heavy (non-hydrogen) atoms. The van der Waals surface area contributed by atoms with Crippen molar-refractivity contribution in [1.82, 2.24) is 39.6 Å². The Balaban J connectivity index is 0.000000462. The third-order valence-electron chi connectivity index (χ3n) is 24.5. The molecule has 756 valence electrons. The molecule has 0 radical (unpaired) electrons. The van der Waals surface area contributed by atoms with Crippen LogP contribution in [0.15, 0.2) is 187 Å². The Labute approximate surface area is 889 Å². The van der Waals surface area contributed by atoms with Crippen LogP contribution < -0.4 is 76.2 Å². The number of methoxy groups -OCH3 is 2. The molecule has 10 atom stereocenters. The molecule has 4 aromatic carbocycles. The number of nitrogens with two attached hydrogens (primary N) is 2. The number of carbonyl (C=O) groups is 4. The van der Waals surface area contributed by atoms with Gasteiger partial charge in [-0.25, -0.2) is 35.6 Å². The third-order valence-corrected chi connectivity index (χ3v) is 31.5. The molecule has 36 heteroatoms. The quantitative estimate of drug-likeness (QED) is 0.00382. The number of nitrogens with zero attached hydrogens (tertiary/aromatic N) is 7. The van der Waals surface area contributed by atoms with E-state index in [9.17, 15) is 31.4 Å². The SMILES string of the molecule is Br.C.CC(C)(C)S(=O)N=C(CCC1CC1)c1ccncc1.CC(C)(C)S(=O)NC(CCC1CC1)(c1ccncc1)c1cccc(N)c1.CN(c1c[c-]ccc1)[Si](C)(C)C.CO[C@@H]1C[C@H](C(=O)Nc2cc(C(CCC3CC3)(N[S@](=O)C(C)(C)C)c3ccncc3)ccc2F)N(C(=O)OC(C)(C)C)C1.CO[C@H]1CN[C@@H](C(=O)Nc2cc(C(N)(CCC3CC3)c3ccncc3)ccc2F)C1.Cl.O=CO[O-].[H-].[Mg+2].[Na+]. The molecule has 6 heterocycles. The monoisotopic (exact) mass is 2100 g/mol. The number of halogens is 4. The average molecular weight is 2100 g/mol. The number of hydrogen-bond acceptors (Lipinski definition) is 20. The number of carbonyl (C=O) groups excluding carboxylic acids is 4.